The standard InChI is InChI=1S/C12H13N3O/c16-11-4-2-10(3-5-11)6-9-15-12-13-7-1-8-14-12/h1-5,7-8,16H,6,9H2,(H,13,14,15). The van der Waals surface area contributed by atoms with Crippen LogP contribution in [0.1, 0.15) is 5.56 Å². The van der Waals surface area contributed by atoms with Gasteiger partial charge in [-0.2, -0.15) is 0 Å². The van der Waals surface area contributed by atoms with Crippen molar-refractivity contribution in [1.82, 2.24) is 9.97 Å². The predicted molar refractivity (Wildman–Crippen MR) is 62.3 cm³/mol. The highest BCUT2D eigenvalue weighted by atomic mass is 16.3. The van der Waals surface area contributed by atoms with Crippen LogP contribution in [0, 0.1) is 0 Å². The average molecular weight is 215 g/mol. The Morgan fingerprint density at radius 3 is 2.44 bits per heavy atom. The molecule has 0 aliphatic rings. The number of rotatable bonds is 4. The van der Waals surface area contributed by atoms with Gasteiger partial charge >= 0.3 is 0 Å². The first-order valence-corrected chi connectivity index (χ1v) is 5.13. The van der Waals surface area contributed by atoms with Crippen molar-refractivity contribution in [2.75, 3.05) is 11.9 Å². The van der Waals surface area contributed by atoms with E-state index in [9.17, 15) is 0 Å². The molecule has 0 saturated heterocycles. The van der Waals surface area contributed by atoms with Crippen molar-refractivity contribution in [1.29, 1.82) is 0 Å². The number of nitrogens with one attached hydrogen (secondary N) is 1. The topological polar surface area (TPSA) is 58.0 Å². The fourth-order valence-electron chi connectivity index (χ4n) is 1.37. The monoisotopic (exact) mass is 215 g/mol. The normalized spacial score (nSPS) is 10.0. The van der Waals surface area contributed by atoms with Gasteiger partial charge in [-0.25, -0.2) is 9.97 Å². The van der Waals surface area contributed by atoms with Crippen LogP contribution in [0.5, 0.6) is 5.75 Å². The molecule has 2 N–H and O–H groups in total. The minimum Gasteiger partial charge on any atom is -0.508 e. The third-order valence-corrected chi connectivity index (χ3v) is 2.20. The Balaban J connectivity index is 1.82. The summed E-state index contributed by atoms with van der Waals surface area (Å²) in [5.74, 6) is 0.935. The molecule has 0 bridgehead atoms. The number of hydrogen-bond acceptors (Lipinski definition) is 4. The zero-order valence-corrected chi connectivity index (χ0v) is 8.80. The zero-order chi connectivity index (χ0) is 11.2. The van der Waals surface area contributed by atoms with E-state index in [0.717, 1.165) is 13.0 Å². The number of phenols is 1. The van der Waals surface area contributed by atoms with Crippen LogP contribution in [0.3, 0.4) is 0 Å². The van der Waals surface area contributed by atoms with E-state index in [1.807, 2.05) is 12.1 Å². The van der Waals surface area contributed by atoms with Crippen molar-refractivity contribution < 1.29 is 5.11 Å². The molecule has 0 aliphatic heterocycles. The first kappa shape index (κ1) is 10.4. The van der Waals surface area contributed by atoms with E-state index in [4.69, 9.17) is 5.11 Å². The fraction of sp³-hybridized carbons (Fsp3) is 0.167. The molecule has 0 atom stereocenters. The van der Waals surface area contributed by atoms with Gasteiger partial charge in [0.1, 0.15) is 5.75 Å². The SMILES string of the molecule is Oc1ccc(CCNc2ncccn2)cc1. The molecule has 0 fully saturated rings. The minimum absolute atomic E-state index is 0.295. The highest BCUT2D eigenvalue weighted by molar-refractivity contribution is 5.27. The van der Waals surface area contributed by atoms with Crippen molar-refractivity contribution in [2.45, 2.75) is 6.42 Å². The lowest BCUT2D eigenvalue weighted by Gasteiger charge is -2.04. The summed E-state index contributed by atoms with van der Waals surface area (Å²) in [5, 5.41) is 12.2. The van der Waals surface area contributed by atoms with Crippen molar-refractivity contribution >= 4 is 5.95 Å². The molecule has 0 aliphatic carbocycles. The molecule has 0 unspecified atom stereocenters. The Morgan fingerprint density at radius 2 is 1.75 bits per heavy atom. The molecular weight excluding hydrogens is 202 g/mol. The second kappa shape index (κ2) is 5.11. The number of nitrogens with zero attached hydrogens (tertiary/aromatic N) is 2. The summed E-state index contributed by atoms with van der Waals surface area (Å²) in [6, 6.07) is 8.97. The van der Waals surface area contributed by atoms with Gasteiger partial charge in [0.15, 0.2) is 0 Å². The molecule has 16 heavy (non-hydrogen) atoms. The summed E-state index contributed by atoms with van der Waals surface area (Å²) in [7, 11) is 0. The van der Waals surface area contributed by atoms with Crippen molar-refractivity contribution in [3.63, 3.8) is 0 Å². The molecule has 0 radical (unpaired) electrons. The number of hydrogen-bond donors (Lipinski definition) is 2. The third kappa shape index (κ3) is 2.95. The molecule has 82 valence electrons. The Kier molecular flexibility index (Phi) is 3.33. The van der Waals surface area contributed by atoms with Crippen molar-refractivity contribution in [2.24, 2.45) is 0 Å². The van der Waals surface area contributed by atoms with Gasteiger partial charge in [-0.15, -0.1) is 0 Å². The smallest absolute Gasteiger partial charge is 0.222 e. The van der Waals surface area contributed by atoms with E-state index in [1.54, 1.807) is 30.6 Å². The highest BCUT2D eigenvalue weighted by Crippen LogP contribution is 2.09. The molecule has 4 heteroatoms. The van der Waals surface area contributed by atoms with E-state index in [-0.39, 0.29) is 0 Å². The zero-order valence-electron chi connectivity index (χ0n) is 8.80. The van der Waals surface area contributed by atoms with Crippen LogP contribution in [0.4, 0.5) is 5.95 Å². The Morgan fingerprint density at radius 1 is 1.06 bits per heavy atom. The average Bonchev–Trinajstić information content (AvgIpc) is 2.33. The lowest BCUT2D eigenvalue weighted by atomic mass is 10.1. The highest BCUT2D eigenvalue weighted by Gasteiger charge is 1.95. The van der Waals surface area contributed by atoms with Crippen LogP contribution < -0.4 is 5.32 Å². The minimum atomic E-state index is 0.295. The predicted octanol–water partition coefficient (Wildman–Crippen LogP) is 1.84. The molecule has 1 heterocycles. The maximum atomic E-state index is 9.12. The summed E-state index contributed by atoms with van der Waals surface area (Å²) >= 11 is 0. The van der Waals surface area contributed by atoms with Crippen LogP contribution >= 0.6 is 0 Å². The van der Waals surface area contributed by atoms with Gasteiger partial charge in [-0.3, -0.25) is 0 Å². The maximum absolute atomic E-state index is 9.12. The maximum Gasteiger partial charge on any atom is 0.222 e. The molecule has 1 aromatic heterocycles. The van der Waals surface area contributed by atoms with Gasteiger partial charge < -0.3 is 10.4 Å². The quantitative estimate of drug-likeness (QED) is 0.817. The number of aromatic nitrogens is 2. The molecule has 0 amide bonds. The number of benzene rings is 1. The Labute approximate surface area is 94.0 Å². The van der Waals surface area contributed by atoms with Gasteiger partial charge in [0.05, 0.1) is 0 Å². The van der Waals surface area contributed by atoms with E-state index in [1.165, 1.54) is 5.56 Å². The Bertz CT molecular complexity index is 428. The third-order valence-electron chi connectivity index (χ3n) is 2.20. The molecule has 4 nitrogen and oxygen atoms in total. The van der Waals surface area contributed by atoms with Crippen LogP contribution in [0.15, 0.2) is 42.7 Å². The molecule has 0 saturated carbocycles. The molecular formula is C12H13N3O. The molecule has 0 spiro atoms. The van der Waals surface area contributed by atoms with Gasteiger partial charge in [0.2, 0.25) is 5.95 Å². The lowest BCUT2D eigenvalue weighted by molar-refractivity contribution is 0.475. The van der Waals surface area contributed by atoms with E-state index in [0.29, 0.717) is 11.7 Å². The van der Waals surface area contributed by atoms with Crippen molar-refractivity contribution in [3.05, 3.63) is 48.3 Å². The van der Waals surface area contributed by atoms with Crippen LogP contribution in [0.25, 0.3) is 0 Å². The van der Waals surface area contributed by atoms with Gasteiger partial charge in [0.25, 0.3) is 0 Å². The summed E-state index contributed by atoms with van der Waals surface area (Å²) in [6.45, 7) is 0.773. The molecule has 2 rings (SSSR count). The van der Waals surface area contributed by atoms with Gasteiger partial charge in [0, 0.05) is 18.9 Å². The largest absolute Gasteiger partial charge is 0.508 e. The van der Waals surface area contributed by atoms with E-state index in [2.05, 4.69) is 15.3 Å². The number of aromatic hydroxyl groups is 1. The summed E-state index contributed by atoms with van der Waals surface area (Å²) in [4.78, 5) is 8.12. The first-order valence-electron chi connectivity index (χ1n) is 5.13. The van der Waals surface area contributed by atoms with E-state index < -0.39 is 0 Å². The lowest BCUT2D eigenvalue weighted by Crippen LogP contribution is -2.07. The van der Waals surface area contributed by atoms with Crippen LogP contribution in [0.2, 0.25) is 0 Å². The van der Waals surface area contributed by atoms with Crippen LogP contribution in [-0.2, 0) is 6.42 Å². The number of phenolic OH excluding ortho intramolecular Hbond substituents is 1. The van der Waals surface area contributed by atoms with Gasteiger partial charge in [-0.05, 0) is 30.2 Å². The van der Waals surface area contributed by atoms with Gasteiger partial charge in [-0.1, -0.05) is 12.1 Å². The summed E-state index contributed by atoms with van der Waals surface area (Å²) in [6.07, 6.45) is 4.28. The molecule has 1 aromatic carbocycles. The first-order chi connectivity index (χ1) is 7.84. The number of anilines is 1. The molecule has 2 aromatic rings. The van der Waals surface area contributed by atoms with Crippen LogP contribution in [-0.4, -0.2) is 21.6 Å². The Hall–Kier alpha value is -2.10. The van der Waals surface area contributed by atoms with Crippen molar-refractivity contribution in [3.8, 4) is 5.75 Å². The summed E-state index contributed by atoms with van der Waals surface area (Å²) < 4.78 is 0. The summed E-state index contributed by atoms with van der Waals surface area (Å²) in [5.41, 5.74) is 1.17. The fourth-order valence-corrected chi connectivity index (χ4v) is 1.37. The second-order valence-corrected chi connectivity index (χ2v) is 3.42. The van der Waals surface area contributed by atoms with E-state index >= 15 is 0 Å². The second-order valence-electron chi connectivity index (χ2n) is 3.42.